The van der Waals surface area contributed by atoms with Gasteiger partial charge in [-0.25, -0.2) is 5.48 Å². The van der Waals surface area contributed by atoms with Crippen LogP contribution in [0.4, 0.5) is 0 Å². The molecule has 56 valence electrons. The Morgan fingerprint density at radius 2 is 2.60 bits per heavy atom. The largest absolute Gasteiger partial charge is 0.296 e. The summed E-state index contributed by atoms with van der Waals surface area (Å²) >= 11 is 0. The van der Waals surface area contributed by atoms with Gasteiger partial charge in [-0.1, -0.05) is 0 Å². The monoisotopic (exact) mass is 141 g/mol. The first kappa shape index (κ1) is 7.24. The quantitative estimate of drug-likeness (QED) is 0.605. The Bertz CT molecular complexity index is 197. The van der Waals surface area contributed by atoms with E-state index in [1.807, 2.05) is 19.3 Å². The first-order valence-electron chi connectivity index (χ1n) is 3.10. The van der Waals surface area contributed by atoms with Gasteiger partial charge in [-0.3, -0.25) is 9.52 Å². The minimum atomic E-state index is 0.511. The number of hydroxylamine groups is 1. The van der Waals surface area contributed by atoms with E-state index in [0.717, 1.165) is 5.69 Å². The highest BCUT2D eigenvalue weighted by molar-refractivity contribution is 4.96. The van der Waals surface area contributed by atoms with Crippen LogP contribution in [0.3, 0.4) is 0 Å². The lowest BCUT2D eigenvalue weighted by atomic mass is 10.5. The summed E-state index contributed by atoms with van der Waals surface area (Å²) in [6.45, 7) is 0.511. The van der Waals surface area contributed by atoms with Crippen molar-refractivity contribution in [2.24, 2.45) is 7.05 Å². The predicted molar refractivity (Wildman–Crippen MR) is 37.1 cm³/mol. The van der Waals surface area contributed by atoms with Crippen molar-refractivity contribution in [2.75, 3.05) is 7.05 Å². The maximum absolute atomic E-state index is 4.91. The summed E-state index contributed by atoms with van der Waals surface area (Å²) < 4.78 is 1.74. The molecule has 1 heterocycles. The summed E-state index contributed by atoms with van der Waals surface area (Å²) in [5, 5.41) is 4.10. The van der Waals surface area contributed by atoms with Gasteiger partial charge in [-0.15, -0.1) is 0 Å². The predicted octanol–water partition coefficient (Wildman–Crippen LogP) is 0.0711. The third-order valence-electron chi connectivity index (χ3n) is 1.13. The number of hydrogen-bond donors (Lipinski definition) is 1. The van der Waals surface area contributed by atoms with E-state index < -0.39 is 0 Å². The second-order valence-electron chi connectivity index (χ2n) is 1.97. The molecule has 1 aromatic heterocycles. The van der Waals surface area contributed by atoms with Crippen molar-refractivity contribution in [1.82, 2.24) is 15.3 Å². The minimum absolute atomic E-state index is 0.511. The Balaban J connectivity index is 2.42. The summed E-state index contributed by atoms with van der Waals surface area (Å²) in [4.78, 5) is 4.91. The van der Waals surface area contributed by atoms with Crippen LogP contribution in [0.25, 0.3) is 0 Å². The molecule has 0 bridgehead atoms. The Hall–Kier alpha value is -0.870. The summed E-state index contributed by atoms with van der Waals surface area (Å²) in [5.74, 6) is 0. The van der Waals surface area contributed by atoms with E-state index in [0.29, 0.717) is 6.61 Å². The molecule has 0 fully saturated rings. The molecule has 0 unspecified atom stereocenters. The molecule has 0 amide bonds. The smallest absolute Gasteiger partial charge is 0.112 e. The number of aromatic nitrogens is 2. The van der Waals surface area contributed by atoms with Crippen molar-refractivity contribution in [1.29, 1.82) is 0 Å². The molecule has 1 N–H and O–H groups in total. The van der Waals surface area contributed by atoms with Gasteiger partial charge < -0.3 is 0 Å². The van der Waals surface area contributed by atoms with Crippen molar-refractivity contribution >= 4 is 0 Å². The van der Waals surface area contributed by atoms with Gasteiger partial charge in [0.25, 0.3) is 0 Å². The topological polar surface area (TPSA) is 39.1 Å². The molecular formula is C6H11N3O. The number of nitrogens with one attached hydrogen (secondary N) is 1. The average molecular weight is 141 g/mol. The molecule has 0 aromatic carbocycles. The molecule has 0 aliphatic carbocycles. The highest BCUT2D eigenvalue weighted by Gasteiger charge is 1.93. The van der Waals surface area contributed by atoms with E-state index in [-0.39, 0.29) is 0 Å². The van der Waals surface area contributed by atoms with E-state index in [4.69, 9.17) is 4.84 Å². The van der Waals surface area contributed by atoms with Gasteiger partial charge in [-0.05, 0) is 6.07 Å². The third-order valence-corrected chi connectivity index (χ3v) is 1.13. The van der Waals surface area contributed by atoms with Gasteiger partial charge in [0.2, 0.25) is 0 Å². The average Bonchev–Trinajstić information content (AvgIpc) is 2.31. The van der Waals surface area contributed by atoms with Crippen LogP contribution in [0.1, 0.15) is 5.69 Å². The van der Waals surface area contributed by atoms with Crippen LogP contribution in [0.5, 0.6) is 0 Å². The zero-order chi connectivity index (χ0) is 7.40. The molecule has 1 aromatic rings. The maximum atomic E-state index is 4.91. The van der Waals surface area contributed by atoms with E-state index in [9.17, 15) is 0 Å². The Labute approximate surface area is 59.8 Å². The second-order valence-corrected chi connectivity index (χ2v) is 1.97. The molecule has 4 nitrogen and oxygen atoms in total. The normalized spacial score (nSPS) is 10.2. The van der Waals surface area contributed by atoms with Gasteiger partial charge in [-0.2, -0.15) is 5.10 Å². The third kappa shape index (κ3) is 1.82. The first-order valence-corrected chi connectivity index (χ1v) is 3.10. The molecule has 0 saturated carbocycles. The Morgan fingerprint density at radius 3 is 3.10 bits per heavy atom. The number of nitrogens with zero attached hydrogens (tertiary/aromatic N) is 2. The van der Waals surface area contributed by atoms with E-state index >= 15 is 0 Å². The van der Waals surface area contributed by atoms with Gasteiger partial charge in [0, 0.05) is 20.3 Å². The fraction of sp³-hybridized carbons (Fsp3) is 0.500. The number of rotatable bonds is 3. The van der Waals surface area contributed by atoms with Crippen LogP contribution in [0, 0.1) is 0 Å². The fourth-order valence-corrected chi connectivity index (χ4v) is 0.686. The molecular weight excluding hydrogens is 130 g/mol. The number of aryl methyl sites for hydroxylation is 1. The zero-order valence-electron chi connectivity index (χ0n) is 6.16. The lowest BCUT2D eigenvalue weighted by molar-refractivity contribution is 0.0422. The standard InChI is InChI=1S/C6H11N3O/c1-7-10-5-6-3-4-9(2)8-6/h3-4,7H,5H2,1-2H3. The van der Waals surface area contributed by atoms with Gasteiger partial charge in [0.1, 0.15) is 6.61 Å². The van der Waals surface area contributed by atoms with E-state index in [1.54, 1.807) is 11.7 Å². The number of hydrogen-bond acceptors (Lipinski definition) is 3. The summed E-state index contributed by atoms with van der Waals surface area (Å²) in [6.07, 6.45) is 1.88. The van der Waals surface area contributed by atoms with Crippen molar-refractivity contribution in [3.05, 3.63) is 18.0 Å². The molecule has 0 saturated heterocycles. The van der Waals surface area contributed by atoms with Crippen LogP contribution in [-0.2, 0) is 18.5 Å². The van der Waals surface area contributed by atoms with Crippen molar-refractivity contribution in [3.63, 3.8) is 0 Å². The molecule has 0 aliphatic heterocycles. The zero-order valence-corrected chi connectivity index (χ0v) is 6.16. The minimum Gasteiger partial charge on any atom is -0.296 e. The molecule has 4 heteroatoms. The maximum Gasteiger partial charge on any atom is 0.112 e. The van der Waals surface area contributed by atoms with Crippen molar-refractivity contribution in [3.8, 4) is 0 Å². The lowest BCUT2D eigenvalue weighted by Gasteiger charge is -1.95. The summed E-state index contributed by atoms with van der Waals surface area (Å²) in [7, 11) is 3.60. The molecule has 0 atom stereocenters. The van der Waals surface area contributed by atoms with Crippen LogP contribution < -0.4 is 5.48 Å². The molecule has 1 rings (SSSR count). The highest BCUT2D eigenvalue weighted by atomic mass is 16.6. The van der Waals surface area contributed by atoms with E-state index in [1.165, 1.54) is 0 Å². The van der Waals surface area contributed by atoms with Crippen LogP contribution >= 0.6 is 0 Å². The highest BCUT2D eigenvalue weighted by Crippen LogP contribution is 1.93. The molecule has 0 aliphatic rings. The second kappa shape index (κ2) is 3.34. The van der Waals surface area contributed by atoms with Gasteiger partial charge in [0.05, 0.1) is 5.69 Å². The summed E-state index contributed by atoms with van der Waals surface area (Å²) in [6, 6.07) is 1.91. The van der Waals surface area contributed by atoms with Crippen molar-refractivity contribution < 1.29 is 4.84 Å². The van der Waals surface area contributed by atoms with E-state index in [2.05, 4.69) is 10.6 Å². The van der Waals surface area contributed by atoms with Gasteiger partial charge >= 0.3 is 0 Å². The van der Waals surface area contributed by atoms with Crippen LogP contribution in [0.2, 0.25) is 0 Å². The van der Waals surface area contributed by atoms with Crippen LogP contribution in [0.15, 0.2) is 12.3 Å². The Kier molecular flexibility index (Phi) is 2.42. The summed E-state index contributed by atoms with van der Waals surface area (Å²) in [5.41, 5.74) is 3.50. The van der Waals surface area contributed by atoms with Crippen LogP contribution in [-0.4, -0.2) is 16.8 Å². The SMILES string of the molecule is CNOCc1ccn(C)n1. The molecule has 0 radical (unpaired) electrons. The Morgan fingerprint density at radius 1 is 1.80 bits per heavy atom. The molecule has 0 spiro atoms. The van der Waals surface area contributed by atoms with Crippen molar-refractivity contribution in [2.45, 2.75) is 6.61 Å². The lowest BCUT2D eigenvalue weighted by Crippen LogP contribution is -2.07. The molecule has 10 heavy (non-hydrogen) atoms. The first-order chi connectivity index (χ1) is 4.83. The van der Waals surface area contributed by atoms with Gasteiger partial charge in [0.15, 0.2) is 0 Å². The fourth-order valence-electron chi connectivity index (χ4n) is 0.686.